The maximum atomic E-state index is 13.3. The molecule has 2 heterocycles. The summed E-state index contributed by atoms with van der Waals surface area (Å²) in [5.74, 6) is 0.503. The number of anilines is 2. The van der Waals surface area contributed by atoms with Crippen LogP contribution in [0.2, 0.25) is 0 Å². The second-order valence-corrected chi connectivity index (χ2v) is 4.24. The highest BCUT2D eigenvalue weighted by Crippen LogP contribution is 2.33. The van der Waals surface area contributed by atoms with Crippen molar-refractivity contribution >= 4 is 11.5 Å². The Bertz CT molecular complexity index is 568. The molecular formula is C13H13FN4. The van der Waals surface area contributed by atoms with Crippen LogP contribution in [0.4, 0.5) is 15.9 Å². The van der Waals surface area contributed by atoms with Crippen molar-refractivity contribution in [2.45, 2.75) is 13.0 Å². The first-order valence-electron chi connectivity index (χ1n) is 5.85. The topological polar surface area (TPSA) is 55.0 Å². The summed E-state index contributed by atoms with van der Waals surface area (Å²) in [5, 5.41) is 0. The molecule has 3 rings (SSSR count). The normalized spacial score (nSPS) is 13.8. The van der Waals surface area contributed by atoms with E-state index in [0.29, 0.717) is 6.54 Å². The lowest BCUT2D eigenvalue weighted by Crippen LogP contribution is -2.15. The van der Waals surface area contributed by atoms with Gasteiger partial charge in [0.05, 0.1) is 18.1 Å². The van der Waals surface area contributed by atoms with Crippen LogP contribution in [0.1, 0.15) is 11.3 Å². The number of halogens is 1. The molecule has 1 aromatic heterocycles. The van der Waals surface area contributed by atoms with Crippen LogP contribution in [-0.4, -0.2) is 16.5 Å². The van der Waals surface area contributed by atoms with Gasteiger partial charge in [-0.25, -0.2) is 9.37 Å². The van der Waals surface area contributed by atoms with Crippen molar-refractivity contribution in [1.82, 2.24) is 9.97 Å². The number of hydrogen-bond acceptors (Lipinski definition) is 4. The van der Waals surface area contributed by atoms with Gasteiger partial charge in [-0.1, -0.05) is 6.07 Å². The molecule has 1 aliphatic heterocycles. The zero-order chi connectivity index (χ0) is 12.5. The van der Waals surface area contributed by atoms with Crippen molar-refractivity contribution in [3.8, 4) is 0 Å². The molecule has 0 unspecified atom stereocenters. The van der Waals surface area contributed by atoms with Crippen molar-refractivity contribution in [3.63, 3.8) is 0 Å². The summed E-state index contributed by atoms with van der Waals surface area (Å²) in [4.78, 5) is 10.5. The van der Waals surface area contributed by atoms with Crippen molar-refractivity contribution in [2.75, 3.05) is 11.4 Å². The molecule has 2 aromatic rings. The first-order chi connectivity index (χ1) is 8.78. The third-order valence-electron chi connectivity index (χ3n) is 3.12. The molecule has 4 nitrogen and oxygen atoms in total. The van der Waals surface area contributed by atoms with E-state index in [-0.39, 0.29) is 5.82 Å². The molecule has 92 valence electrons. The van der Waals surface area contributed by atoms with Gasteiger partial charge in [0, 0.05) is 18.8 Å². The number of nitrogens with zero attached hydrogens (tertiary/aromatic N) is 3. The van der Waals surface area contributed by atoms with Gasteiger partial charge in [-0.15, -0.1) is 0 Å². The predicted octanol–water partition coefficient (Wildman–Crippen LogP) is 1.77. The van der Waals surface area contributed by atoms with E-state index in [2.05, 4.69) is 9.97 Å². The molecule has 0 atom stereocenters. The van der Waals surface area contributed by atoms with E-state index in [9.17, 15) is 4.39 Å². The van der Waals surface area contributed by atoms with Crippen LogP contribution >= 0.6 is 0 Å². The minimum absolute atomic E-state index is 0.229. The van der Waals surface area contributed by atoms with Gasteiger partial charge in [-0.2, -0.15) is 0 Å². The molecule has 0 spiro atoms. The van der Waals surface area contributed by atoms with Crippen LogP contribution in [0, 0.1) is 5.82 Å². The molecule has 2 N–H and O–H groups in total. The smallest absolute Gasteiger partial charge is 0.151 e. The summed E-state index contributed by atoms with van der Waals surface area (Å²) in [5.41, 5.74) is 8.25. The van der Waals surface area contributed by atoms with Crippen LogP contribution in [0.5, 0.6) is 0 Å². The summed E-state index contributed by atoms with van der Waals surface area (Å²) >= 11 is 0. The summed E-state index contributed by atoms with van der Waals surface area (Å²) in [6, 6.07) is 4.86. The van der Waals surface area contributed by atoms with E-state index in [0.717, 1.165) is 35.7 Å². The molecule has 0 saturated carbocycles. The first kappa shape index (κ1) is 11.1. The van der Waals surface area contributed by atoms with Crippen molar-refractivity contribution in [3.05, 3.63) is 47.7 Å². The SMILES string of the molecule is NCc1cnc(N2CCc3ccc(F)cc32)cn1. The van der Waals surface area contributed by atoms with E-state index in [1.54, 1.807) is 18.5 Å². The summed E-state index contributed by atoms with van der Waals surface area (Å²) in [6.45, 7) is 1.17. The van der Waals surface area contributed by atoms with E-state index in [1.807, 2.05) is 11.0 Å². The summed E-state index contributed by atoms with van der Waals surface area (Å²) in [7, 11) is 0. The first-order valence-corrected chi connectivity index (χ1v) is 5.85. The lowest BCUT2D eigenvalue weighted by atomic mass is 10.2. The van der Waals surface area contributed by atoms with E-state index in [4.69, 9.17) is 5.73 Å². The van der Waals surface area contributed by atoms with E-state index >= 15 is 0 Å². The lowest BCUT2D eigenvalue weighted by molar-refractivity contribution is 0.628. The van der Waals surface area contributed by atoms with Crippen molar-refractivity contribution in [1.29, 1.82) is 0 Å². The Morgan fingerprint density at radius 2 is 2.17 bits per heavy atom. The average molecular weight is 244 g/mol. The molecular weight excluding hydrogens is 231 g/mol. The Labute approximate surface area is 104 Å². The zero-order valence-electron chi connectivity index (χ0n) is 9.81. The van der Waals surface area contributed by atoms with Gasteiger partial charge in [-0.3, -0.25) is 4.98 Å². The molecule has 0 bridgehead atoms. The average Bonchev–Trinajstić information content (AvgIpc) is 2.82. The van der Waals surface area contributed by atoms with Gasteiger partial charge >= 0.3 is 0 Å². The van der Waals surface area contributed by atoms with Gasteiger partial charge in [0.25, 0.3) is 0 Å². The van der Waals surface area contributed by atoms with Crippen molar-refractivity contribution < 1.29 is 4.39 Å². The van der Waals surface area contributed by atoms with Crippen LogP contribution < -0.4 is 10.6 Å². The molecule has 18 heavy (non-hydrogen) atoms. The number of rotatable bonds is 2. The van der Waals surface area contributed by atoms with Gasteiger partial charge < -0.3 is 10.6 Å². The van der Waals surface area contributed by atoms with E-state index < -0.39 is 0 Å². The largest absolute Gasteiger partial charge is 0.325 e. The molecule has 1 aliphatic rings. The van der Waals surface area contributed by atoms with Gasteiger partial charge in [0.1, 0.15) is 5.82 Å². The number of hydrogen-bond donors (Lipinski definition) is 1. The van der Waals surface area contributed by atoms with Gasteiger partial charge in [0.2, 0.25) is 0 Å². The summed E-state index contributed by atoms with van der Waals surface area (Å²) in [6.07, 6.45) is 4.24. The Balaban J connectivity index is 1.97. The molecule has 5 heteroatoms. The number of nitrogens with two attached hydrogens (primary N) is 1. The molecule has 0 fully saturated rings. The molecule has 1 aromatic carbocycles. The molecule has 0 aliphatic carbocycles. The molecule has 0 radical (unpaired) electrons. The Kier molecular flexibility index (Phi) is 2.68. The number of aromatic nitrogens is 2. The highest BCUT2D eigenvalue weighted by Gasteiger charge is 2.21. The highest BCUT2D eigenvalue weighted by atomic mass is 19.1. The van der Waals surface area contributed by atoms with Crippen LogP contribution in [0.15, 0.2) is 30.6 Å². The second kappa shape index (κ2) is 4.34. The number of benzene rings is 1. The Morgan fingerprint density at radius 1 is 1.28 bits per heavy atom. The molecule has 0 amide bonds. The monoisotopic (exact) mass is 244 g/mol. The van der Waals surface area contributed by atoms with Crippen molar-refractivity contribution in [2.24, 2.45) is 5.73 Å². The zero-order valence-corrected chi connectivity index (χ0v) is 9.81. The summed E-state index contributed by atoms with van der Waals surface area (Å²) < 4.78 is 13.3. The fourth-order valence-electron chi connectivity index (χ4n) is 2.18. The third-order valence-corrected chi connectivity index (χ3v) is 3.12. The highest BCUT2D eigenvalue weighted by molar-refractivity contribution is 5.67. The minimum Gasteiger partial charge on any atom is -0.325 e. The fourth-order valence-corrected chi connectivity index (χ4v) is 2.18. The predicted molar refractivity (Wildman–Crippen MR) is 67.0 cm³/mol. The Hall–Kier alpha value is -2.01. The lowest BCUT2D eigenvalue weighted by Gasteiger charge is -2.17. The second-order valence-electron chi connectivity index (χ2n) is 4.24. The minimum atomic E-state index is -0.229. The van der Waals surface area contributed by atoms with Gasteiger partial charge in [-0.05, 0) is 24.1 Å². The van der Waals surface area contributed by atoms with Gasteiger partial charge in [0.15, 0.2) is 5.82 Å². The molecule has 0 saturated heterocycles. The van der Waals surface area contributed by atoms with Crippen LogP contribution in [0.3, 0.4) is 0 Å². The maximum absolute atomic E-state index is 13.3. The Morgan fingerprint density at radius 3 is 2.89 bits per heavy atom. The fraction of sp³-hybridized carbons (Fsp3) is 0.231. The standard InChI is InChI=1S/C13H13FN4/c14-10-2-1-9-3-4-18(12(9)5-10)13-8-16-11(6-15)7-17-13/h1-2,5,7-8H,3-4,6,15H2. The number of fused-ring (bicyclic) bond motifs is 1. The van der Waals surface area contributed by atoms with Crippen LogP contribution in [0.25, 0.3) is 0 Å². The maximum Gasteiger partial charge on any atom is 0.151 e. The van der Waals surface area contributed by atoms with E-state index in [1.165, 1.54) is 6.07 Å². The third kappa shape index (κ3) is 1.82. The van der Waals surface area contributed by atoms with Crippen LogP contribution in [-0.2, 0) is 13.0 Å². The quantitative estimate of drug-likeness (QED) is 0.874.